The van der Waals surface area contributed by atoms with Crippen LogP contribution < -0.4 is 10.2 Å². The second-order valence-electron chi connectivity index (χ2n) is 10.3. The molecule has 41 heavy (non-hydrogen) atoms. The van der Waals surface area contributed by atoms with Gasteiger partial charge in [0.05, 0.1) is 38.3 Å². The molecule has 0 saturated heterocycles. The van der Waals surface area contributed by atoms with E-state index in [1.807, 2.05) is 0 Å². The molecule has 2 aromatic rings. The Morgan fingerprint density at radius 1 is 1.05 bits per heavy atom. The minimum absolute atomic E-state index is 0.0291. The summed E-state index contributed by atoms with van der Waals surface area (Å²) in [5, 5.41) is 2.74. The van der Waals surface area contributed by atoms with Crippen LogP contribution in [0, 0.1) is 17.7 Å². The fourth-order valence-electron chi connectivity index (χ4n) is 5.46. The van der Waals surface area contributed by atoms with Crippen molar-refractivity contribution in [2.75, 3.05) is 32.3 Å². The summed E-state index contributed by atoms with van der Waals surface area (Å²) in [7, 11) is 2.73. The molecule has 0 aliphatic heterocycles. The van der Waals surface area contributed by atoms with Crippen LogP contribution in [0.15, 0.2) is 48.5 Å². The number of carbonyl (C=O) groups is 3. The third-order valence-electron chi connectivity index (χ3n) is 7.45. The Labute approximate surface area is 241 Å². The normalized spacial score (nSPS) is 22.4. The van der Waals surface area contributed by atoms with Crippen LogP contribution in [0.5, 0.6) is 0 Å². The van der Waals surface area contributed by atoms with Crippen LogP contribution in [-0.2, 0) is 28.6 Å². The van der Waals surface area contributed by atoms with Crippen molar-refractivity contribution in [2.45, 2.75) is 49.8 Å². The lowest BCUT2D eigenvalue weighted by atomic mass is 9.87. The molecule has 1 unspecified atom stereocenters. The van der Waals surface area contributed by atoms with E-state index < -0.39 is 72.4 Å². The van der Waals surface area contributed by atoms with Gasteiger partial charge in [-0.2, -0.15) is 0 Å². The van der Waals surface area contributed by atoms with Crippen LogP contribution in [0.25, 0.3) is 0 Å². The van der Waals surface area contributed by atoms with Crippen LogP contribution in [-0.4, -0.2) is 63.3 Å². The summed E-state index contributed by atoms with van der Waals surface area (Å²) in [6.45, 7) is 0.544. The highest BCUT2D eigenvalue weighted by molar-refractivity contribution is 6.31. The number of halogens is 4. The molecule has 4 rings (SSSR count). The Kier molecular flexibility index (Phi) is 9.93. The van der Waals surface area contributed by atoms with E-state index in [9.17, 15) is 27.6 Å². The number of esters is 1. The van der Waals surface area contributed by atoms with E-state index in [0.717, 1.165) is 11.0 Å². The first-order valence-electron chi connectivity index (χ1n) is 13.2. The van der Waals surface area contributed by atoms with Gasteiger partial charge in [-0.1, -0.05) is 35.9 Å². The maximum absolute atomic E-state index is 14.5. The van der Waals surface area contributed by atoms with Gasteiger partial charge < -0.3 is 19.5 Å². The van der Waals surface area contributed by atoms with E-state index in [1.54, 1.807) is 12.1 Å². The number of carbonyl (C=O) groups excluding carboxylic acids is 3. The van der Waals surface area contributed by atoms with Crippen molar-refractivity contribution in [1.29, 1.82) is 0 Å². The molecule has 2 fully saturated rings. The van der Waals surface area contributed by atoms with Crippen LogP contribution in [0.1, 0.15) is 37.3 Å². The summed E-state index contributed by atoms with van der Waals surface area (Å²) in [6.07, 6.45) is -1.27. The minimum atomic E-state index is -2.90. The molecule has 1 N–H and O–H groups in total. The van der Waals surface area contributed by atoms with Crippen molar-refractivity contribution in [2.24, 2.45) is 11.8 Å². The number of ether oxygens (including phenoxy) is 3. The molecule has 0 spiro atoms. The van der Waals surface area contributed by atoms with Crippen molar-refractivity contribution >= 4 is 35.1 Å². The summed E-state index contributed by atoms with van der Waals surface area (Å²) in [6, 6.07) is 9.11. The first-order chi connectivity index (χ1) is 19.5. The zero-order chi connectivity index (χ0) is 29.7. The third kappa shape index (κ3) is 7.20. The summed E-state index contributed by atoms with van der Waals surface area (Å²) < 4.78 is 57.5. The topological polar surface area (TPSA) is 94.2 Å². The fourth-order valence-corrected chi connectivity index (χ4v) is 5.70. The number of anilines is 1. The quantitative estimate of drug-likeness (QED) is 0.299. The molecule has 2 aromatic carbocycles. The molecule has 0 bridgehead atoms. The zero-order valence-corrected chi connectivity index (χ0v) is 23.4. The summed E-state index contributed by atoms with van der Waals surface area (Å²) >= 11 is 6.50. The van der Waals surface area contributed by atoms with Crippen LogP contribution >= 0.6 is 11.6 Å². The van der Waals surface area contributed by atoms with Gasteiger partial charge in [-0.3, -0.25) is 19.3 Å². The standard InChI is InChI=1S/C29H32ClF3N2O6/c1-39-10-11-41-20-13-22(23(14-20)28(38)40-2)27(37)35(19-7-5-6-17(31)12-19)25(21-8-3-4-9-24(21)30)26(36)34-18-15-29(32,33)16-18/h3-9,12,18,20,22-23,25H,10-11,13-16H2,1-2H3,(H,34,36)/t20-,22-,23?,25+/m1/s1. The summed E-state index contributed by atoms with van der Waals surface area (Å²) in [5.41, 5.74) is 0.234. The molecule has 222 valence electrons. The molecular weight excluding hydrogens is 565 g/mol. The van der Waals surface area contributed by atoms with E-state index in [1.165, 1.54) is 44.6 Å². The van der Waals surface area contributed by atoms with Gasteiger partial charge in [0.1, 0.15) is 11.9 Å². The van der Waals surface area contributed by atoms with E-state index >= 15 is 0 Å². The molecule has 0 heterocycles. The third-order valence-corrected chi connectivity index (χ3v) is 7.79. The summed E-state index contributed by atoms with van der Waals surface area (Å²) in [5.74, 6) is -7.53. The number of nitrogens with zero attached hydrogens (tertiary/aromatic N) is 1. The van der Waals surface area contributed by atoms with Gasteiger partial charge in [-0.05, 0) is 37.1 Å². The number of methoxy groups -OCH3 is 2. The number of rotatable bonds is 11. The van der Waals surface area contributed by atoms with E-state index in [2.05, 4.69) is 5.32 Å². The van der Waals surface area contributed by atoms with Crippen molar-refractivity contribution in [3.63, 3.8) is 0 Å². The van der Waals surface area contributed by atoms with Crippen LogP contribution in [0.2, 0.25) is 5.02 Å². The first-order valence-corrected chi connectivity index (χ1v) is 13.6. The van der Waals surface area contributed by atoms with Crippen molar-refractivity contribution in [1.82, 2.24) is 5.32 Å². The molecule has 8 nitrogen and oxygen atoms in total. The lowest BCUT2D eigenvalue weighted by Crippen LogP contribution is -2.54. The second kappa shape index (κ2) is 13.2. The predicted molar refractivity (Wildman–Crippen MR) is 144 cm³/mol. The van der Waals surface area contributed by atoms with Crippen molar-refractivity contribution < 1.29 is 41.8 Å². The highest BCUT2D eigenvalue weighted by Gasteiger charge is 2.50. The average molecular weight is 597 g/mol. The first kappa shape index (κ1) is 30.8. The zero-order valence-electron chi connectivity index (χ0n) is 22.7. The Balaban J connectivity index is 1.76. The molecule has 0 aromatic heterocycles. The molecule has 12 heteroatoms. The van der Waals surface area contributed by atoms with Gasteiger partial charge in [-0.25, -0.2) is 13.2 Å². The largest absolute Gasteiger partial charge is 0.469 e. The highest BCUT2D eigenvalue weighted by Crippen LogP contribution is 2.42. The predicted octanol–water partition coefficient (Wildman–Crippen LogP) is 4.70. The number of nitrogens with one attached hydrogen (secondary N) is 1. The number of hydrogen-bond acceptors (Lipinski definition) is 6. The molecule has 2 saturated carbocycles. The molecule has 2 aliphatic carbocycles. The molecule has 0 radical (unpaired) electrons. The average Bonchev–Trinajstić information content (AvgIpc) is 3.35. The van der Waals surface area contributed by atoms with Gasteiger partial charge in [0, 0.05) is 42.3 Å². The minimum Gasteiger partial charge on any atom is -0.469 e. The maximum atomic E-state index is 14.5. The number of hydrogen-bond donors (Lipinski definition) is 1. The van der Waals surface area contributed by atoms with E-state index in [4.69, 9.17) is 25.8 Å². The highest BCUT2D eigenvalue weighted by atomic mass is 35.5. The Bertz CT molecular complexity index is 1260. The van der Waals surface area contributed by atoms with Crippen LogP contribution in [0.3, 0.4) is 0 Å². The molecule has 2 amide bonds. The van der Waals surface area contributed by atoms with Gasteiger partial charge in [0.2, 0.25) is 11.8 Å². The molecular formula is C29H32ClF3N2O6. The Morgan fingerprint density at radius 3 is 2.39 bits per heavy atom. The number of alkyl halides is 2. The maximum Gasteiger partial charge on any atom is 0.309 e. The SMILES string of the molecule is COCCO[C@H]1CC(C(=O)OC)[C@H](C(=O)N(c2cccc(F)c2)[C@H](C(=O)NC2CC(F)(F)C2)c2ccccc2Cl)C1. The van der Waals surface area contributed by atoms with E-state index in [0.29, 0.717) is 6.61 Å². The van der Waals surface area contributed by atoms with Gasteiger partial charge in [0.25, 0.3) is 5.92 Å². The van der Waals surface area contributed by atoms with Gasteiger partial charge in [-0.15, -0.1) is 0 Å². The fraction of sp³-hybridized carbons (Fsp3) is 0.483. The smallest absolute Gasteiger partial charge is 0.309 e. The van der Waals surface area contributed by atoms with E-state index in [-0.39, 0.29) is 35.7 Å². The summed E-state index contributed by atoms with van der Waals surface area (Å²) in [4.78, 5) is 42.1. The number of benzene rings is 2. The van der Waals surface area contributed by atoms with Crippen molar-refractivity contribution in [3.8, 4) is 0 Å². The Hall–Kier alpha value is -3.15. The lowest BCUT2D eigenvalue weighted by Gasteiger charge is -2.39. The van der Waals surface area contributed by atoms with Crippen LogP contribution in [0.4, 0.5) is 18.9 Å². The van der Waals surface area contributed by atoms with Crippen molar-refractivity contribution in [3.05, 3.63) is 64.9 Å². The van der Waals surface area contributed by atoms with Gasteiger partial charge in [0.15, 0.2) is 0 Å². The molecule has 4 atom stereocenters. The second-order valence-corrected chi connectivity index (χ2v) is 10.7. The lowest BCUT2D eigenvalue weighted by molar-refractivity contribution is -0.149. The Morgan fingerprint density at radius 2 is 1.76 bits per heavy atom. The number of amides is 2. The van der Waals surface area contributed by atoms with Gasteiger partial charge >= 0.3 is 5.97 Å². The molecule has 2 aliphatic rings. The monoisotopic (exact) mass is 596 g/mol.